The van der Waals surface area contributed by atoms with Crippen LogP contribution >= 0.6 is 0 Å². The SMILES string of the molecule is Cc1cccc(CN2C[C@H]3[C@H]4Cc5ccc(O)cc5[C@@]3(CCN4C)CC2=O)c1. The van der Waals surface area contributed by atoms with Gasteiger partial charge in [0.15, 0.2) is 0 Å². The van der Waals surface area contributed by atoms with Crippen LogP contribution in [0.2, 0.25) is 0 Å². The summed E-state index contributed by atoms with van der Waals surface area (Å²) >= 11 is 0. The summed E-state index contributed by atoms with van der Waals surface area (Å²) in [5.74, 6) is 0.985. The molecule has 4 heteroatoms. The van der Waals surface area contributed by atoms with Gasteiger partial charge in [-0.1, -0.05) is 35.9 Å². The molecular formula is C24H28N2O2. The standard InChI is InChI=1S/C24H28N2O2/c1-16-4-3-5-17(10-16)14-26-15-21-22-11-18-6-7-19(27)12-20(18)24(21,13-23(26)28)8-9-25(22)2/h3-7,10,12,21-22,27H,8-9,11,13-15H2,1-2H3/t21-,22+,24+/m0/s1. The van der Waals surface area contributed by atoms with Crippen LogP contribution in [0.15, 0.2) is 42.5 Å². The lowest BCUT2D eigenvalue weighted by Crippen LogP contribution is -2.65. The Hall–Kier alpha value is -2.33. The second kappa shape index (κ2) is 6.35. The van der Waals surface area contributed by atoms with E-state index in [1.165, 1.54) is 22.3 Å². The Labute approximate surface area is 166 Å². The molecule has 1 amide bonds. The van der Waals surface area contributed by atoms with Crippen molar-refractivity contribution in [2.45, 2.75) is 44.2 Å². The van der Waals surface area contributed by atoms with E-state index < -0.39 is 0 Å². The molecule has 28 heavy (non-hydrogen) atoms. The third-order valence-corrected chi connectivity index (χ3v) is 7.40. The molecule has 2 aliphatic heterocycles. The number of likely N-dealkylation sites (tertiary alicyclic amines) is 2. The minimum absolute atomic E-state index is 0.121. The highest BCUT2D eigenvalue weighted by Gasteiger charge is 2.56. The van der Waals surface area contributed by atoms with Crippen molar-refractivity contribution in [3.8, 4) is 5.75 Å². The number of amides is 1. The van der Waals surface area contributed by atoms with Crippen LogP contribution in [0, 0.1) is 12.8 Å². The summed E-state index contributed by atoms with van der Waals surface area (Å²) in [7, 11) is 2.22. The molecule has 2 aromatic rings. The van der Waals surface area contributed by atoms with Crippen LogP contribution in [0.4, 0.5) is 0 Å². The molecule has 0 radical (unpaired) electrons. The van der Waals surface area contributed by atoms with Gasteiger partial charge in [0.1, 0.15) is 5.75 Å². The molecule has 146 valence electrons. The van der Waals surface area contributed by atoms with Crippen molar-refractivity contribution in [2.24, 2.45) is 5.92 Å². The van der Waals surface area contributed by atoms with Gasteiger partial charge in [0, 0.05) is 36.9 Å². The molecule has 4 nitrogen and oxygen atoms in total. The molecule has 1 aliphatic carbocycles. The lowest BCUT2D eigenvalue weighted by atomic mass is 9.54. The van der Waals surface area contributed by atoms with E-state index in [4.69, 9.17) is 0 Å². The van der Waals surface area contributed by atoms with E-state index in [2.05, 4.69) is 54.1 Å². The van der Waals surface area contributed by atoms with Gasteiger partial charge < -0.3 is 14.9 Å². The molecule has 0 saturated carbocycles. The minimum Gasteiger partial charge on any atom is -0.508 e. The average Bonchev–Trinajstić information content (AvgIpc) is 2.66. The maximum Gasteiger partial charge on any atom is 0.223 e. The minimum atomic E-state index is -0.121. The quantitative estimate of drug-likeness (QED) is 0.875. The Morgan fingerprint density at radius 3 is 2.89 bits per heavy atom. The smallest absolute Gasteiger partial charge is 0.223 e. The van der Waals surface area contributed by atoms with Crippen molar-refractivity contribution in [1.29, 1.82) is 0 Å². The average molecular weight is 377 g/mol. The number of hydrogen-bond donors (Lipinski definition) is 1. The Kier molecular flexibility index (Phi) is 4.02. The Morgan fingerprint density at radius 1 is 1.21 bits per heavy atom. The maximum atomic E-state index is 13.3. The van der Waals surface area contributed by atoms with Crippen LogP contribution in [-0.4, -0.2) is 47.0 Å². The van der Waals surface area contributed by atoms with E-state index in [9.17, 15) is 9.90 Å². The maximum absolute atomic E-state index is 13.3. The van der Waals surface area contributed by atoms with Gasteiger partial charge in [0.2, 0.25) is 5.91 Å². The number of carbonyl (C=O) groups is 1. The third-order valence-electron chi connectivity index (χ3n) is 7.40. The van der Waals surface area contributed by atoms with Crippen molar-refractivity contribution in [3.63, 3.8) is 0 Å². The van der Waals surface area contributed by atoms with E-state index >= 15 is 0 Å². The summed E-state index contributed by atoms with van der Waals surface area (Å²) in [4.78, 5) is 17.8. The number of hydrogen-bond acceptors (Lipinski definition) is 3. The van der Waals surface area contributed by atoms with Gasteiger partial charge in [-0.2, -0.15) is 0 Å². The van der Waals surface area contributed by atoms with Gasteiger partial charge in [-0.05, 0) is 62.2 Å². The summed E-state index contributed by atoms with van der Waals surface area (Å²) in [5, 5.41) is 10.2. The molecule has 2 fully saturated rings. The number of rotatable bonds is 2. The summed E-state index contributed by atoms with van der Waals surface area (Å²) in [5.41, 5.74) is 4.86. The first-order chi connectivity index (χ1) is 13.5. The van der Waals surface area contributed by atoms with Gasteiger partial charge in [-0.25, -0.2) is 0 Å². The predicted molar refractivity (Wildman–Crippen MR) is 109 cm³/mol. The molecule has 2 aromatic carbocycles. The highest BCUT2D eigenvalue weighted by Crippen LogP contribution is 2.53. The van der Waals surface area contributed by atoms with E-state index in [-0.39, 0.29) is 11.3 Å². The number of aryl methyl sites for hydroxylation is 1. The third kappa shape index (κ3) is 2.66. The largest absolute Gasteiger partial charge is 0.508 e. The lowest BCUT2D eigenvalue weighted by molar-refractivity contribution is -0.144. The highest BCUT2D eigenvalue weighted by atomic mass is 16.3. The fraction of sp³-hybridized carbons (Fsp3) is 0.458. The molecule has 0 spiro atoms. The van der Waals surface area contributed by atoms with E-state index in [1.54, 1.807) is 6.07 Å². The van der Waals surface area contributed by atoms with Gasteiger partial charge in [-0.15, -0.1) is 0 Å². The molecule has 2 bridgehead atoms. The summed E-state index contributed by atoms with van der Waals surface area (Å²) in [6.07, 6.45) is 2.56. The van der Waals surface area contributed by atoms with E-state index in [0.717, 1.165) is 25.9 Å². The van der Waals surface area contributed by atoms with Crippen molar-refractivity contribution in [3.05, 3.63) is 64.7 Å². The summed E-state index contributed by atoms with van der Waals surface area (Å²) < 4.78 is 0. The van der Waals surface area contributed by atoms with Crippen molar-refractivity contribution < 1.29 is 9.90 Å². The van der Waals surface area contributed by atoms with Crippen LogP contribution in [0.5, 0.6) is 5.75 Å². The number of piperidine rings is 2. The number of fused-ring (bicyclic) bond motifs is 1. The predicted octanol–water partition coefficient (Wildman–Crippen LogP) is 3.25. The first kappa shape index (κ1) is 17.7. The topological polar surface area (TPSA) is 43.8 Å². The van der Waals surface area contributed by atoms with Gasteiger partial charge in [0.05, 0.1) is 0 Å². The Bertz CT molecular complexity index is 940. The number of nitrogens with zero attached hydrogens (tertiary/aromatic N) is 2. The molecule has 2 heterocycles. The molecule has 1 N–H and O–H groups in total. The van der Waals surface area contributed by atoms with E-state index in [1.807, 2.05) is 6.07 Å². The fourth-order valence-corrected chi connectivity index (χ4v) is 5.98. The molecule has 3 aliphatic rings. The van der Waals surface area contributed by atoms with E-state index in [0.29, 0.717) is 30.7 Å². The van der Waals surface area contributed by atoms with Crippen molar-refractivity contribution in [2.75, 3.05) is 20.1 Å². The molecule has 3 atom stereocenters. The zero-order valence-electron chi connectivity index (χ0n) is 16.7. The Balaban J connectivity index is 1.52. The van der Waals surface area contributed by atoms with Crippen LogP contribution in [0.3, 0.4) is 0 Å². The van der Waals surface area contributed by atoms with Gasteiger partial charge in [-0.3, -0.25) is 4.79 Å². The first-order valence-corrected chi connectivity index (χ1v) is 10.3. The van der Waals surface area contributed by atoms with Crippen LogP contribution < -0.4 is 0 Å². The van der Waals surface area contributed by atoms with Gasteiger partial charge >= 0.3 is 0 Å². The van der Waals surface area contributed by atoms with Crippen LogP contribution in [0.25, 0.3) is 0 Å². The molecule has 2 saturated heterocycles. The highest BCUT2D eigenvalue weighted by molar-refractivity contribution is 5.80. The monoisotopic (exact) mass is 376 g/mol. The molecular weight excluding hydrogens is 348 g/mol. The molecule has 0 aromatic heterocycles. The summed E-state index contributed by atoms with van der Waals surface area (Å²) in [6, 6.07) is 14.7. The second-order valence-electron chi connectivity index (χ2n) is 9.05. The molecule has 0 unspecified atom stereocenters. The van der Waals surface area contributed by atoms with Crippen molar-refractivity contribution >= 4 is 5.91 Å². The number of carbonyl (C=O) groups excluding carboxylic acids is 1. The fourth-order valence-electron chi connectivity index (χ4n) is 5.98. The number of benzene rings is 2. The molecule has 5 rings (SSSR count). The second-order valence-corrected chi connectivity index (χ2v) is 9.05. The number of phenolic OH excluding ortho intramolecular Hbond substituents is 1. The van der Waals surface area contributed by atoms with Crippen LogP contribution in [0.1, 0.15) is 35.1 Å². The zero-order chi connectivity index (χ0) is 19.5. The zero-order valence-corrected chi connectivity index (χ0v) is 16.7. The summed E-state index contributed by atoms with van der Waals surface area (Å²) in [6.45, 7) is 4.61. The normalized spacial score (nSPS) is 29.4. The first-order valence-electron chi connectivity index (χ1n) is 10.3. The lowest BCUT2D eigenvalue weighted by Gasteiger charge is -2.59. The van der Waals surface area contributed by atoms with Crippen molar-refractivity contribution in [1.82, 2.24) is 9.80 Å². The Morgan fingerprint density at radius 2 is 2.07 bits per heavy atom. The van der Waals surface area contributed by atoms with Crippen LogP contribution in [-0.2, 0) is 23.2 Å². The number of aromatic hydroxyl groups is 1. The van der Waals surface area contributed by atoms with Gasteiger partial charge in [0.25, 0.3) is 0 Å². The number of phenols is 1. The number of likely N-dealkylation sites (N-methyl/N-ethyl adjacent to an activating group) is 1.